The fourth-order valence-corrected chi connectivity index (χ4v) is 4.28. The molecule has 7 nitrogen and oxygen atoms in total. The lowest BCUT2D eigenvalue weighted by molar-refractivity contribution is -0.139. The summed E-state index contributed by atoms with van der Waals surface area (Å²) in [4.78, 5) is 30.3. The molecule has 0 radical (unpaired) electrons. The summed E-state index contributed by atoms with van der Waals surface area (Å²) in [6, 6.07) is 3.99. The predicted octanol–water partition coefficient (Wildman–Crippen LogP) is 3.12. The highest BCUT2D eigenvalue weighted by atomic mass is 16.5. The van der Waals surface area contributed by atoms with Gasteiger partial charge in [0.1, 0.15) is 12.1 Å². The summed E-state index contributed by atoms with van der Waals surface area (Å²) in [5, 5.41) is 0. The zero-order valence-corrected chi connectivity index (χ0v) is 16.8. The predicted molar refractivity (Wildman–Crippen MR) is 107 cm³/mol. The molecule has 2 aromatic rings. The largest absolute Gasteiger partial charge is 0.437 e. The van der Waals surface area contributed by atoms with E-state index in [4.69, 9.17) is 4.74 Å². The van der Waals surface area contributed by atoms with Crippen LogP contribution in [0.2, 0.25) is 0 Å². The number of nitrogens with zero attached hydrogens (tertiary/aromatic N) is 5. The van der Waals surface area contributed by atoms with Gasteiger partial charge in [-0.2, -0.15) is 0 Å². The lowest BCUT2D eigenvalue weighted by Crippen LogP contribution is -2.48. The molecular formula is C21H27N5O2. The van der Waals surface area contributed by atoms with Gasteiger partial charge in [0, 0.05) is 31.9 Å². The number of hydrogen-bond acceptors (Lipinski definition) is 6. The van der Waals surface area contributed by atoms with Crippen LogP contribution in [0.15, 0.2) is 24.7 Å². The van der Waals surface area contributed by atoms with Gasteiger partial charge in [0.2, 0.25) is 11.8 Å². The highest BCUT2D eigenvalue weighted by Gasteiger charge is 2.41. The Labute approximate surface area is 165 Å². The van der Waals surface area contributed by atoms with E-state index < -0.39 is 0 Å². The Morgan fingerprint density at radius 1 is 1.18 bits per heavy atom. The Balaban J connectivity index is 1.61. The van der Waals surface area contributed by atoms with Crippen LogP contribution in [0.5, 0.6) is 11.6 Å². The summed E-state index contributed by atoms with van der Waals surface area (Å²) in [7, 11) is 0. The van der Waals surface area contributed by atoms with E-state index >= 15 is 0 Å². The smallest absolute Gasteiger partial charge is 0.227 e. The van der Waals surface area contributed by atoms with Crippen LogP contribution in [0, 0.1) is 19.8 Å². The summed E-state index contributed by atoms with van der Waals surface area (Å²) in [6.45, 7) is 8.37. The van der Waals surface area contributed by atoms with Gasteiger partial charge in [-0.3, -0.25) is 9.78 Å². The topological polar surface area (TPSA) is 71.5 Å². The zero-order valence-electron chi connectivity index (χ0n) is 16.8. The Morgan fingerprint density at radius 3 is 2.82 bits per heavy atom. The summed E-state index contributed by atoms with van der Waals surface area (Å²) in [6.07, 6.45) is 6.30. The van der Waals surface area contributed by atoms with Gasteiger partial charge in [-0.1, -0.05) is 6.92 Å². The minimum Gasteiger partial charge on any atom is -0.437 e. The van der Waals surface area contributed by atoms with Crippen LogP contribution in [0.3, 0.4) is 0 Å². The molecule has 0 aliphatic carbocycles. The standard InChI is InChI=1S/C21H27N5O2/c1-4-10-26-17-8-7-16(21(26)27)11-25(12-17)19-14(2)20(24-13-23-19)28-18-6-5-9-22-15(18)3/h5-6,9,13,16-17H,4,7-8,10-12H2,1-3H3/t16-,17+/m1/s1. The minimum atomic E-state index is 0.0459. The Hall–Kier alpha value is -2.70. The summed E-state index contributed by atoms with van der Waals surface area (Å²) in [5.41, 5.74) is 1.71. The number of fused-ring (bicyclic) bond motifs is 4. The maximum atomic E-state index is 12.8. The second-order valence-corrected chi connectivity index (χ2v) is 7.68. The zero-order chi connectivity index (χ0) is 19.7. The summed E-state index contributed by atoms with van der Waals surface area (Å²) < 4.78 is 6.04. The number of aryl methyl sites for hydroxylation is 1. The molecule has 7 heteroatoms. The first-order chi connectivity index (χ1) is 13.6. The van der Waals surface area contributed by atoms with Crippen molar-refractivity contribution in [1.29, 1.82) is 0 Å². The van der Waals surface area contributed by atoms with E-state index in [0.717, 1.165) is 49.4 Å². The number of piperidine rings is 1. The quantitative estimate of drug-likeness (QED) is 0.792. The molecule has 1 amide bonds. The molecule has 0 N–H and O–H groups in total. The van der Waals surface area contributed by atoms with Crippen LogP contribution in [0.4, 0.5) is 5.82 Å². The molecule has 0 aromatic carbocycles. The molecule has 3 aliphatic rings. The van der Waals surface area contributed by atoms with Crippen LogP contribution >= 0.6 is 0 Å². The molecule has 0 spiro atoms. The third-order valence-electron chi connectivity index (χ3n) is 5.73. The molecule has 5 rings (SSSR count). The fourth-order valence-electron chi connectivity index (χ4n) is 4.28. The van der Waals surface area contributed by atoms with Gasteiger partial charge in [0.15, 0.2) is 5.75 Å². The lowest BCUT2D eigenvalue weighted by Gasteiger charge is -2.35. The van der Waals surface area contributed by atoms with Crippen molar-refractivity contribution in [3.8, 4) is 11.6 Å². The number of amides is 1. The van der Waals surface area contributed by atoms with Crippen LogP contribution in [-0.2, 0) is 4.79 Å². The van der Waals surface area contributed by atoms with E-state index in [1.807, 2.05) is 26.0 Å². The van der Waals surface area contributed by atoms with Crippen molar-refractivity contribution in [3.63, 3.8) is 0 Å². The molecule has 3 fully saturated rings. The molecule has 0 unspecified atom stereocenters. The monoisotopic (exact) mass is 381 g/mol. The van der Waals surface area contributed by atoms with Crippen molar-refractivity contribution in [3.05, 3.63) is 35.9 Å². The number of carbonyl (C=O) groups is 1. The maximum absolute atomic E-state index is 12.8. The normalized spacial score (nSPS) is 21.8. The summed E-state index contributed by atoms with van der Waals surface area (Å²) >= 11 is 0. The molecule has 2 aromatic heterocycles. The number of rotatable bonds is 5. The average Bonchev–Trinajstić information content (AvgIpc) is 2.98. The number of ether oxygens (including phenoxy) is 1. The van der Waals surface area contributed by atoms with Crippen molar-refractivity contribution < 1.29 is 9.53 Å². The van der Waals surface area contributed by atoms with E-state index in [2.05, 4.69) is 31.7 Å². The molecule has 3 aliphatic heterocycles. The second kappa shape index (κ2) is 7.73. The Morgan fingerprint density at radius 2 is 2.04 bits per heavy atom. The van der Waals surface area contributed by atoms with E-state index in [0.29, 0.717) is 24.1 Å². The van der Waals surface area contributed by atoms with E-state index in [-0.39, 0.29) is 12.0 Å². The van der Waals surface area contributed by atoms with Crippen molar-refractivity contribution >= 4 is 11.7 Å². The van der Waals surface area contributed by atoms with Gasteiger partial charge < -0.3 is 14.5 Å². The number of pyridine rings is 1. The van der Waals surface area contributed by atoms with Crippen LogP contribution < -0.4 is 9.64 Å². The molecule has 148 valence electrons. The fraction of sp³-hybridized carbons (Fsp3) is 0.524. The first kappa shape index (κ1) is 18.7. The number of anilines is 1. The number of carbonyl (C=O) groups excluding carboxylic acids is 1. The molecule has 2 atom stereocenters. The summed E-state index contributed by atoms with van der Waals surface area (Å²) in [5.74, 6) is 2.43. The van der Waals surface area contributed by atoms with Crippen molar-refractivity contribution in [2.24, 2.45) is 5.92 Å². The second-order valence-electron chi connectivity index (χ2n) is 7.68. The highest BCUT2D eigenvalue weighted by molar-refractivity contribution is 5.81. The van der Waals surface area contributed by atoms with Gasteiger partial charge in [-0.15, -0.1) is 0 Å². The SMILES string of the molecule is CCCN1C(=O)[C@@H]2CC[C@H]1CN(c1ncnc(Oc3cccnc3C)c1C)C2. The minimum absolute atomic E-state index is 0.0459. The Kier molecular flexibility index (Phi) is 5.15. The molecular weight excluding hydrogens is 354 g/mol. The molecule has 0 saturated carbocycles. The first-order valence-corrected chi connectivity index (χ1v) is 10.0. The first-order valence-electron chi connectivity index (χ1n) is 10.0. The van der Waals surface area contributed by atoms with Crippen molar-refractivity contribution in [2.45, 2.75) is 46.1 Å². The number of aromatic nitrogens is 3. The van der Waals surface area contributed by atoms with E-state index in [1.54, 1.807) is 12.5 Å². The molecule has 3 saturated heterocycles. The Bertz CT molecular complexity index is 872. The van der Waals surface area contributed by atoms with Crippen molar-refractivity contribution in [2.75, 3.05) is 24.5 Å². The van der Waals surface area contributed by atoms with Gasteiger partial charge >= 0.3 is 0 Å². The maximum Gasteiger partial charge on any atom is 0.227 e. The van der Waals surface area contributed by atoms with Gasteiger partial charge in [0.05, 0.1) is 17.2 Å². The van der Waals surface area contributed by atoms with Crippen LogP contribution in [-0.4, -0.2) is 51.4 Å². The van der Waals surface area contributed by atoms with Crippen LogP contribution in [0.25, 0.3) is 0 Å². The van der Waals surface area contributed by atoms with E-state index in [9.17, 15) is 4.79 Å². The van der Waals surface area contributed by atoms with Crippen LogP contribution in [0.1, 0.15) is 37.4 Å². The van der Waals surface area contributed by atoms with Gasteiger partial charge in [-0.25, -0.2) is 9.97 Å². The third kappa shape index (κ3) is 3.41. The van der Waals surface area contributed by atoms with Gasteiger partial charge in [0.25, 0.3) is 0 Å². The van der Waals surface area contributed by atoms with Crippen molar-refractivity contribution in [1.82, 2.24) is 19.9 Å². The molecule has 5 heterocycles. The third-order valence-corrected chi connectivity index (χ3v) is 5.73. The molecule has 28 heavy (non-hydrogen) atoms. The van der Waals surface area contributed by atoms with E-state index in [1.165, 1.54) is 0 Å². The highest BCUT2D eigenvalue weighted by Crippen LogP contribution is 2.34. The van der Waals surface area contributed by atoms with Gasteiger partial charge in [-0.05, 0) is 45.2 Å². The average molecular weight is 381 g/mol. The molecule has 2 bridgehead atoms. The lowest BCUT2D eigenvalue weighted by atomic mass is 9.94. The number of hydrogen-bond donors (Lipinski definition) is 0.